The van der Waals surface area contributed by atoms with Crippen molar-refractivity contribution in [1.82, 2.24) is 0 Å². The maximum absolute atomic E-state index is 9.53. The molecule has 4 aliphatic rings. The average molecular weight is 248 g/mol. The predicted octanol–water partition coefficient (Wildman–Crippen LogP) is 2.17. The molecule has 1 unspecified atom stereocenters. The monoisotopic (exact) mass is 248 g/mol. The normalized spacial score (nSPS) is 26.3. The Morgan fingerprint density at radius 2 is 1.89 bits per heavy atom. The minimum absolute atomic E-state index is 0.173. The first-order valence-corrected chi connectivity index (χ1v) is 6.54. The second kappa shape index (κ2) is 3.83. The van der Waals surface area contributed by atoms with Crippen LogP contribution < -0.4 is 0 Å². The summed E-state index contributed by atoms with van der Waals surface area (Å²) >= 11 is 0. The molecule has 0 aromatic rings. The molecule has 0 fully saturated rings. The highest BCUT2D eigenvalue weighted by Crippen LogP contribution is 2.48. The highest BCUT2D eigenvalue weighted by molar-refractivity contribution is 6.52. The second-order valence-corrected chi connectivity index (χ2v) is 5.22. The summed E-state index contributed by atoms with van der Waals surface area (Å²) in [6.07, 6.45) is 17.6. The van der Waals surface area contributed by atoms with Crippen molar-refractivity contribution < 1.29 is 10.0 Å². The number of hydrogen-bond donors (Lipinski definition) is 2. The van der Waals surface area contributed by atoms with Crippen LogP contribution in [0.3, 0.4) is 0 Å². The van der Waals surface area contributed by atoms with Crippen molar-refractivity contribution >= 4 is 7.12 Å². The zero-order valence-corrected chi connectivity index (χ0v) is 10.4. The van der Waals surface area contributed by atoms with E-state index in [1.165, 1.54) is 22.3 Å². The largest absolute Gasteiger partial charge is 0.488 e. The van der Waals surface area contributed by atoms with Gasteiger partial charge in [0, 0.05) is 5.92 Å². The fourth-order valence-electron chi connectivity index (χ4n) is 3.36. The molecule has 0 bridgehead atoms. The first kappa shape index (κ1) is 11.0. The van der Waals surface area contributed by atoms with Gasteiger partial charge in [0.2, 0.25) is 0 Å². The van der Waals surface area contributed by atoms with E-state index in [0.717, 1.165) is 12.0 Å². The maximum atomic E-state index is 9.53. The topological polar surface area (TPSA) is 40.5 Å². The van der Waals surface area contributed by atoms with Gasteiger partial charge in [0.1, 0.15) is 0 Å². The van der Waals surface area contributed by atoms with E-state index in [1.54, 1.807) is 0 Å². The summed E-state index contributed by atoms with van der Waals surface area (Å²) in [6, 6.07) is 0. The molecule has 19 heavy (non-hydrogen) atoms. The Kier molecular flexibility index (Phi) is 2.22. The summed E-state index contributed by atoms with van der Waals surface area (Å²) in [6.45, 7) is 0. The lowest BCUT2D eigenvalue weighted by molar-refractivity contribution is 0.419. The Balaban J connectivity index is 1.97. The van der Waals surface area contributed by atoms with E-state index in [0.29, 0.717) is 5.47 Å². The Hall–Kier alpha value is -1.84. The lowest BCUT2D eigenvalue weighted by atomic mass is 9.61. The number of allylic oxidation sites excluding steroid dienone is 14. The molecular weight excluding hydrogens is 235 g/mol. The molecule has 4 rings (SSSR count). The molecule has 2 N–H and O–H groups in total. The summed E-state index contributed by atoms with van der Waals surface area (Å²) < 4.78 is 0. The summed E-state index contributed by atoms with van der Waals surface area (Å²) in [5.41, 5.74) is 6.79. The first-order valence-electron chi connectivity index (χ1n) is 6.54. The predicted molar refractivity (Wildman–Crippen MR) is 75.9 cm³/mol. The van der Waals surface area contributed by atoms with Crippen molar-refractivity contribution in [3.63, 3.8) is 0 Å². The van der Waals surface area contributed by atoms with Gasteiger partial charge >= 0.3 is 7.12 Å². The van der Waals surface area contributed by atoms with Gasteiger partial charge < -0.3 is 10.0 Å². The Bertz CT molecular complexity index is 682. The molecule has 92 valence electrons. The smallest absolute Gasteiger partial charge is 0.423 e. The maximum Gasteiger partial charge on any atom is 0.488 e. The minimum atomic E-state index is -1.41. The molecule has 0 aliphatic heterocycles. The molecule has 0 amide bonds. The van der Waals surface area contributed by atoms with Crippen molar-refractivity contribution in [3.8, 4) is 0 Å². The zero-order chi connectivity index (χ0) is 13.0. The van der Waals surface area contributed by atoms with E-state index in [4.69, 9.17) is 0 Å². The van der Waals surface area contributed by atoms with Gasteiger partial charge in [-0.15, -0.1) is 0 Å². The van der Waals surface area contributed by atoms with Crippen LogP contribution in [-0.4, -0.2) is 17.2 Å². The summed E-state index contributed by atoms with van der Waals surface area (Å²) in [7, 11) is -1.41. The van der Waals surface area contributed by atoms with Crippen LogP contribution in [0, 0.1) is 5.92 Å². The van der Waals surface area contributed by atoms with Crippen LogP contribution in [0.25, 0.3) is 0 Å². The van der Waals surface area contributed by atoms with Crippen LogP contribution >= 0.6 is 0 Å². The van der Waals surface area contributed by atoms with Gasteiger partial charge in [0.25, 0.3) is 0 Å². The molecule has 0 heterocycles. The van der Waals surface area contributed by atoms with Crippen LogP contribution in [0.1, 0.15) is 6.42 Å². The summed E-state index contributed by atoms with van der Waals surface area (Å²) in [5.74, 6) is 0.173. The van der Waals surface area contributed by atoms with Gasteiger partial charge in [-0.3, -0.25) is 0 Å². The molecule has 0 radical (unpaired) electrons. The SMILES string of the molecule is OB(O)C1=CC=C2C=CC3=C4C(=CC=C1C24)CC=C3. The molecular formula is C16H13BO2. The van der Waals surface area contributed by atoms with E-state index in [9.17, 15) is 10.0 Å². The van der Waals surface area contributed by atoms with Crippen molar-refractivity contribution in [2.45, 2.75) is 6.42 Å². The van der Waals surface area contributed by atoms with E-state index < -0.39 is 7.12 Å². The molecule has 2 nitrogen and oxygen atoms in total. The van der Waals surface area contributed by atoms with Crippen molar-refractivity contribution in [2.75, 3.05) is 0 Å². The molecule has 0 spiro atoms. The Labute approximate surface area is 112 Å². The van der Waals surface area contributed by atoms with Crippen LogP contribution in [0.5, 0.6) is 0 Å². The van der Waals surface area contributed by atoms with Crippen LogP contribution in [-0.2, 0) is 0 Å². The third-order valence-electron chi connectivity index (χ3n) is 4.21. The lowest BCUT2D eigenvalue weighted by Crippen LogP contribution is -2.28. The Morgan fingerprint density at radius 3 is 2.74 bits per heavy atom. The van der Waals surface area contributed by atoms with Crippen molar-refractivity contribution in [1.29, 1.82) is 0 Å². The van der Waals surface area contributed by atoms with E-state index >= 15 is 0 Å². The number of rotatable bonds is 1. The molecule has 0 saturated carbocycles. The van der Waals surface area contributed by atoms with Gasteiger partial charge in [-0.2, -0.15) is 0 Å². The van der Waals surface area contributed by atoms with Gasteiger partial charge in [-0.25, -0.2) is 0 Å². The van der Waals surface area contributed by atoms with Crippen molar-refractivity contribution in [2.24, 2.45) is 5.92 Å². The molecule has 3 heteroatoms. The average Bonchev–Trinajstić information content (AvgIpc) is 2.44. The van der Waals surface area contributed by atoms with Gasteiger partial charge in [-0.1, -0.05) is 48.6 Å². The summed E-state index contributed by atoms with van der Waals surface area (Å²) in [4.78, 5) is 0. The van der Waals surface area contributed by atoms with E-state index in [2.05, 4.69) is 30.4 Å². The van der Waals surface area contributed by atoms with Crippen LogP contribution in [0.2, 0.25) is 0 Å². The highest BCUT2D eigenvalue weighted by atomic mass is 16.4. The fourth-order valence-corrected chi connectivity index (χ4v) is 3.36. The molecule has 0 saturated heterocycles. The fraction of sp³-hybridized carbons (Fsp3) is 0.125. The standard InChI is InChI=1S/C16H13BO2/c18-17(19)14-9-7-12-5-4-10-2-1-3-11-6-8-13(14)16(12)15(10)11/h1-2,4-9,16,18-19H,3H2. The third-order valence-corrected chi connectivity index (χ3v) is 4.21. The quantitative estimate of drug-likeness (QED) is 0.698. The van der Waals surface area contributed by atoms with Gasteiger partial charge in [0.15, 0.2) is 0 Å². The van der Waals surface area contributed by atoms with Crippen LogP contribution in [0.15, 0.2) is 81.9 Å². The zero-order valence-electron chi connectivity index (χ0n) is 10.4. The third kappa shape index (κ3) is 1.46. The second-order valence-electron chi connectivity index (χ2n) is 5.22. The first-order chi connectivity index (χ1) is 9.25. The summed E-state index contributed by atoms with van der Waals surface area (Å²) in [5, 5.41) is 19.1. The number of hydrogen-bond acceptors (Lipinski definition) is 2. The van der Waals surface area contributed by atoms with E-state index in [1.807, 2.05) is 18.2 Å². The van der Waals surface area contributed by atoms with Crippen LogP contribution in [0.4, 0.5) is 0 Å². The van der Waals surface area contributed by atoms with E-state index in [-0.39, 0.29) is 5.92 Å². The molecule has 0 aromatic heterocycles. The lowest BCUT2D eigenvalue weighted by Gasteiger charge is -2.37. The minimum Gasteiger partial charge on any atom is -0.423 e. The van der Waals surface area contributed by atoms with Gasteiger partial charge in [-0.05, 0) is 39.8 Å². The Morgan fingerprint density at radius 1 is 1.00 bits per heavy atom. The highest BCUT2D eigenvalue weighted by Gasteiger charge is 2.36. The van der Waals surface area contributed by atoms with Crippen molar-refractivity contribution in [3.05, 3.63) is 81.9 Å². The van der Waals surface area contributed by atoms with Gasteiger partial charge in [0.05, 0.1) is 0 Å². The molecule has 0 aromatic carbocycles. The molecule has 4 aliphatic carbocycles. The molecule has 1 atom stereocenters.